The van der Waals surface area contributed by atoms with Crippen LogP contribution in [-0.2, 0) is 6.54 Å². The lowest BCUT2D eigenvalue weighted by Gasteiger charge is -2.35. The van der Waals surface area contributed by atoms with Crippen molar-refractivity contribution in [1.29, 1.82) is 0 Å². The average molecular weight is 465 g/mol. The van der Waals surface area contributed by atoms with E-state index in [0.29, 0.717) is 0 Å². The fraction of sp³-hybridized carbons (Fsp3) is 0.208. The number of anilines is 1. The molecule has 3 N–H and O–H groups in total. The Bertz CT molecular complexity index is 1090. The summed E-state index contributed by atoms with van der Waals surface area (Å²) in [5, 5.41) is 4.95. The summed E-state index contributed by atoms with van der Waals surface area (Å²) in [4.78, 5) is 9.51. The molecule has 6 nitrogen and oxygen atoms in total. The van der Waals surface area contributed by atoms with E-state index < -0.39 is 0 Å². The Labute approximate surface area is 198 Å². The zero-order chi connectivity index (χ0) is 22.3. The first kappa shape index (κ1) is 22.2. The summed E-state index contributed by atoms with van der Waals surface area (Å²) in [5.74, 6) is 1.01. The second-order valence-corrected chi connectivity index (χ2v) is 8.53. The molecule has 1 saturated heterocycles. The Morgan fingerprint density at radius 3 is 2.59 bits per heavy atom. The number of piperazine rings is 1. The number of thiocarbonyl (C=S) groups is 1. The predicted molar refractivity (Wildman–Crippen MR) is 136 cm³/mol. The van der Waals surface area contributed by atoms with Crippen LogP contribution in [0.3, 0.4) is 0 Å². The third kappa shape index (κ3) is 6.03. The summed E-state index contributed by atoms with van der Waals surface area (Å²) in [7, 11) is 0. The van der Waals surface area contributed by atoms with Gasteiger partial charge in [0.1, 0.15) is 5.82 Å². The normalized spacial score (nSPS) is 14.6. The van der Waals surface area contributed by atoms with Gasteiger partial charge in [0.05, 0.1) is 6.21 Å². The molecule has 0 saturated carbocycles. The van der Waals surface area contributed by atoms with Crippen LogP contribution in [0.1, 0.15) is 11.1 Å². The van der Waals surface area contributed by atoms with Crippen molar-refractivity contribution in [2.24, 2.45) is 10.8 Å². The molecule has 2 aromatic carbocycles. The molecule has 4 rings (SSSR count). The topological polar surface area (TPSA) is 69.8 Å². The van der Waals surface area contributed by atoms with Crippen molar-refractivity contribution in [3.8, 4) is 11.1 Å². The summed E-state index contributed by atoms with van der Waals surface area (Å²) in [6.07, 6.45) is 3.62. The van der Waals surface area contributed by atoms with Crippen LogP contribution >= 0.6 is 23.8 Å². The highest BCUT2D eigenvalue weighted by atomic mass is 35.5. The Balaban J connectivity index is 1.35. The zero-order valence-corrected chi connectivity index (χ0v) is 19.2. The van der Waals surface area contributed by atoms with E-state index in [0.717, 1.165) is 60.3 Å². The van der Waals surface area contributed by atoms with Gasteiger partial charge in [-0.25, -0.2) is 4.98 Å². The van der Waals surface area contributed by atoms with Crippen LogP contribution in [-0.4, -0.2) is 47.4 Å². The number of nitrogens with one attached hydrogen (secondary N) is 1. The molecule has 1 aliphatic heterocycles. The summed E-state index contributed by atoms with van der Waals surface area (Å²) in [6, 6.07) is 20.4. The van der Waals surface area contributed by atoms with Crippen LogP contribution in [0.5, 0.6) is 0 Å². The van der Waals surface area contributed by atoms with Gasteiger partial charge in [0.15, 0.2) is 5.11 Å². The zero-order valence-electron chi connectivity index (χ0n) is 17.6. The van der Waals surface area contributed by atoms with Crippen molar-refractivity contribution >= 4 is 41.0 Å². The molecule has 1 aliphatic rings. The molecule has 0 spiro atoms. The fourth-order valence-corrected chi connectivity index (χ4v) is 4.01. The van der Waals surface area contributed by atoms with Gasteiger partial charge in [-0.15, -0.1) is 0 Å². The molecule has 0 unspecified atom stereocenters. The maximum absolute atomic E-state index is 6.11. The molecule has 0 atom stereocenters. The van der Waals surface area contributed by atoms with Gasteiger partial charge >= 0.3 is 0 Å². The quantitative estimate of drug-likeness (QED) is 0.327. The predicted octanol–water partition coefficient (Wildman–Crippen LogP) is 3.89. The standard InChI is InChI=1S/C24H25ClN6S/c25-22-6-2-4-19(14-22)17-30-9-11-31(12-10-30)23-8-7-21(16-27-23)20-5-1-3-18(13-20)15-28-29-24(26)32/h1-8,13-16H,9-12,17H2,(H3,26,29,32). The number of pyridine rings is 1. The third-order valence-corrected chi connectivity index (χ3v) is 5.67. The molecule has 0 radical (unpaired) electrons. The van der Waals surface area contributed by atoms with Crippen molar-refractivity contribution in [3.63, 3.8) is 0 Å². The molecule has 164 valence electrons. The Morgan fingerprint density at radius 1 is 1.06 bits per heavy atom. The number of rotatable bonds is 6. The van der Waals surface area contributed by atoms with Crippen LogP contribution in [0.4, 0.5) is 5.82 Å². The largest absolute Gasteiger partial charge is 0.375 e. The molecule has 3 aromatic rings. The third-order valence-electron chi connectivity index (χ3n) is 5.35. The van der Waals surface area contributed by atoms with Crippen molar-refractivity contribution in [1.82, 2.24) is 15.3 Å². The molecule has 32 heavy (non-hydrogen) atoms. The molecule has 1 aromatic heterocycles. The fourth-order valence-electron chi connectivity index (χ4n) is 3.74. The Morgan fingerprint density at radius 2 is 1.88 bits per heavy atom. The van der Waals surface area contributed by atoms with Gasteiger partial charge in [0.2, 0.25) is 0 Å². The first-order chi connectivity index (χ1) is 15.6. The number of hydrazone groups is 1. The molecule has 0 aliphatic carbocycles. The number of halogens is 1. The number of aromatic nitrogens is 1. The second-order valence-electron chi connectivity index (χ2n) is 7.66. The average Bonchev–Trinajstić information content (AvgIpc) is 2.80. The Kier molecular flexibility index (Phi) is 7.32. The van der Waals surface area contributed by atoms with E-state index in [1.807, 2.05) is 36.5 Å². The van der Waals surface area contributed by atoms with Crippen LogP contribution in [0.15, 0.2) is 72.0 Å². The minimum absolute atomic E-state index is 0.141. The van der Waals surface area contributed by atoms with Gasteiger partial charge < -0.3 is 10.6 Å². The second kappa shape index (κ2) is 10.5. The van der Waals surface area contributed by atoms with Gasteiger partial charge in [-0.05, 0) is 59.2 Å². The summed E-state index contributed by atoms with van der Waals surface area (Å²) in [5.41, 5.74) is 12.3. The summed E-state index contributed by atoms with van der Waals surface area (Å²) < 4.78 is 0. The molecule has 2 heterocycles. The van der Waals surface area contributed by atoms with E-state index in [9.17, 15) is 0 Å². The lowest BCUT2D eigenvalue weighted by molar-refractivity contribution is 0.249. The molecule has 1 fully saturated rings. The SMILES string of the molecule is NC(=S)NN=Cc1cccc(-c2ccc(N3CCN(Cc4cccc(Cl)c4)CC3)nc2)c1. The van der Waals surface area contributed by atoms with Crippen LogP contribution in [0.2, 0.25) is 5.02 Å². The molecular formula is C24H25ClN6S. The van der Waals surface area contributed by atoms with E-state index >= 15 is 0 Å². The van der Waals surface area contributed by atoms with Gasteiger partial charge in [-0.3, -0.25) is 10.3 Å². The van der Waals surface area contributed by atoms with Crippen LogP contribution < -0.4 is 16.1 Å². The van der Waals surface area contributed by atoms with Crippen molar-refractivity contribution < 1.29 is 0 Å². The number of hydrogen-bond acceptors (Lipinski definition) is 5. The van der Waals surface area contributed by atoms with Crippen molar-refractivity contribution in [2.75, 3.05) is 31.1 Å². The van der Waals surface area contributed by atoms with E-state index in [1.165, 1.54) is 5.56 Å². The van der Waals surface area contributed by atoms with E-state index in [1.54, 1.807) is 6.21 Å². The summed E-state index contributed by atoms with van der Waals surface area (Å²) in [6.45, 7) is 4.83. The van der Waals surface area contributed by atoms with Gasteiger partial charge in [-0.2, -0.15) is 5.10 Å². The van der Waals surface area contributed by atoms with E-state index in [2.05, 4.69) is 50.7 Å². The lowest BCUT2D eigenvalue weighted by atomic mass is 10.1. The monoisotopic (exact) mass is 464 g/mol. The maximum atomic E-state index is 6.11. The van der Waals surface area contributed by atoms with Crippen molar-refractivity contribution in [3.05, 3.63) is 83.0 Å². The molecule has 0 amide bonds. The molecular weight excluding hydrogens is 440 g/mol. The first-order valence-corrected chi connectivity index (χ1v) is 11.2. The first-order valence-electron chi connectivity index (χ1n) is 10.4. The van der Waals surface area contributed by atoms with Gasteiger partial charge in [0, 0.05) is 49.5 Å². The van der Waals surface area contributed by atoms with Crippen molar-refractivity contribution in [2.45, 2.75) is 6.54 Å². The van der Waals surface area contributed by atoms with E-state index in [4.69, 9.17) is 34.5 Å². The molecule has 0 bridgehead atoms. The highest BCUT2D eigenvalue weighted by molar-refractivity contribution is 7.80. The minimum Gasteiger partial charge on any atom is -0.375 e. The molecule has 8 heteroatoms. The minimum atomic E-state index is 0.141. The van der Waals surface area contributed by atoms with E-state index in [-0.39, 0.29) is 5.11 Å². The van der Waals surface area contributed by atoms with Gasteiger partial charge in [-0.1, -0.05) is 41.9 Å². The van der Waals surface area contributed by atoms with Gasteiger partial charge in [0.25, 0.3) is 0 Å². The summed E-state index contributed by atoms with van der Waals surface area (Å²) >= 11 is 10.9. The number of nitrogens with two attached hydrogens (primary N) is 1. The smallest absolute Gasteiger partial charge is 0.184 e. The highest BCUT2D eigenvalue weighted by Crippen LogP contribution is 2.23. The lowest BCUT2D eigenvalue weighted by Crippen LogP contribution is -2.46. The number of benzene rings is 2. The number of hydrogen-bond donors (Lipinski definition) is 2. The number of nitrogens with zero attached hydrogens (tertiary/aromatic N) is 4. The maximum Gasteiger partial charge on any atom is 0.184 e. The Hall–Kier alpha value is -3.00. The highest BCUT2D eigenvalue weighted by Gasteiger charge is 2.18. The van der Waals surface area contributed by atoms with Crippen LogP contribution in [0, 0.1) is 0 Å². The van der Waals surface area contributed by atoms with Crippen LogP contribution in [0.25, 0.3) is 11.1 Å².